The Labute approximate surface area is 117 Å². The SMILES string of the molecule is [O]=[Mo]([Cl])[Cl].c1cnc2c(c1)ccc1cccnc12. The van der Waals surface area contributed by atoms with Crippen LogP contribution in [0.2, 0.25) is 0 Å². The van der Waals surface area contributed by atoms with Gasteiger partial charge >= 0.3 is 37.4 Å². The van der Waals surface area contributed by atoms with E-state index in [1.807, 2.05) is 12.1 Å². The van der Waals surface area contributed by atoms with Crippen LogP contribution in [0, 0.1) is 0 Å². The summed E-state index contributed by atoms with van der Waals surface area (Å²) in [5, 5.41) is 2.28. The van der Waals surface area contributed by atoms with Crippen LogP contribution in [0.1, 0.15) is 0 Å². The minimum Gasteiger partial charge on any atom is -0.254 e. The normalized spacial score (nSPS) is 10.4. The van der Waals surface area contributed by atoms with Gasteiger partial charge in [-0.15, -0.1) is 0 Å². The Morgan fingerprint density at radius 2 is 1.22 bits per heavy atom. The molecule has 0 aliphatic carbocycles. The average Bonchev–Trinajstić information content (AvgIpc) is 2.38. The van der Waals surface area contributed by atoms with Crippen molar-refractivity contribution < 1.29 is 18.6 Å². The predicted molar refractivity (Wildman–Crippen MR) is 69.4 cm³/mol. The van der Waals surface area contributed by atoms with E-state index in [1.54, 1.807) is 12.4 Å². The Hall–Kier alpha value is -0.892. The van der Waals surface area contributed by atoms with E-state index in [4.69, 9.17) is 0 Å². The number of aromatic nitrogens is 2. The summed E-state index contributed by atoms with van der Waals surface area (Å²) in [6.45, 7) is 0. The number of pyridine rings is 2. The van der Waals surface area contributed by atoms with Crippen molar-refractivity contribution in [3.63, 3.8) is 0 Å². The van der Waals surface area contributed by atoms with E-state index in [2.05, 4.69) is 53.1 Å². The number of halogens is 2. The molecule has 0 saturated carbocycles. The largest absolute Gasteiger partial charge is 0.254 e. The van der Waals surface area contributed by atoms with Gasteiger partial charge in [-0.05, 0) is 12.1 Å². The van der Waals surface area contributed by atoms with Crippen molar-refractivity contribution in [1.29, 1.82) is 0 Å². The summed E-state index contributed by atoms with van der Waals surface area (Å²) >= 11 is -2.66. The molecule has 3 aromatic rings. The summed E-state index contributed by atoms with van der Waals surface area (Å²) in [5.41, 5.74) is 1.95. The molecule has 0 saturated heterocycles. The Morgan fingerprint density at radius 1 is 0.833 bits per heavy atom. The third-order valence-electron chi connectivity index (χ3n) is 2.34. The van der Waals surface area contributed by atoms with E-state index in [0.29, 0.717) is 0 Å². The summed E-state index contributed by atoms with van der Waals surface area (Å²) in [6.07, 6.45) is 3.60. The van der Waals surface area contributed by atoms with Gasteiger partial charge in [0.25, 0.3) is 0 Å². The monoisotopic (exact) mass is 364 g/mol. The summed E-state index contributed by atoms with van der Waals surface area (Å²) in [6, 6.07) is 12.1. The molecule has 0 amide bonds. The summed E-state index contributed by atoms with van der Waals surface area (Å²) < 4.78 is 9.23. The third kappa shape index (κ3) is 3.32. The Morgan fingerprint density at radius 3 is 1.61 bits per heavy atom. The first-order valence-corrected chi connectivity index (χ1v) is 11.0. The fourth-order valence-electron chi connectivity index (χ4n) is 1.68. The molecule has 0 fully saturated rings. The van der Waals surface area contributed by atoms with Crippen LogP contribution in [0.25, 0.3) is 21.8 Å². The minimum absolute atomic E-state index is 0.977. The van der Waals surface area contributed by atoms with Crippen molar-refractivity contribution >= 4 is 40.6 Å². The molecule has 0 N–H and O–H groups in total. The molecular formula is C12H8Cl2MoN2O. The van der Waals surface area contributed by atoms with E-state index in [9.17, 15) is 3.40 Å². The quantitative estimate of drug-likeness (QED) is 0.447. The van der Waals surface area contributed by atoms with Gasteiger partial charge < -0.3 is 0 Å². The second-order valence-corrected chi connectivity index (χ2v) is 8.56. The number of benzene rings is 1. The fraction of sp³-hybridized carbons (Fsp3) is 0. The number of rotatable bonds is 0. The number of hydrogen-bond acceptors (Lipinski definition) is 3. The van der Waals surface area contributed by atoms with Gasteiger partial charge in [0.15, 0.2) is 0 Å². The van der Waals surface area contributed by atoms with Crippen LogP contribution in [0.3, 0.4) is 0 Å². The molecule has 92 valence electrons. The zero-order chi connectivity index (χ0) is 13.0. The van der Waals surface area contributed by atoms with Gasteiger partial charge in [0.1, 0.15) is 0 Å². The van der Waals surface area contributed by atoms with Crippen LogP contribution >= 0.6 is 18.8 Å². The van der Waals surface area contributed by atoms with Crippen LogP contribution in [0.4, 0.5) is 0 Å². The molecule has 6 heteroatoms. The average molecular weight is 363 g/mol. The number of nitrogens with zero attached hydrogens (tertiary/aromatic N) is 2. The standard InChI is InChI=1S/C12H8N2.2ClH.Mo.O/c1-3-9-5-6-10-4-2-8-14-12(10)11(9)13-7-1;;;;/h1-8H;2*1H;;/q;;;+2;/p-2. The zero-order valence-electron chi connectivity index (χ0n) is 9.09. The molecule has 3 rings (SSSR count). The summed E-state index contributed by atoms with van der Waals surface area (Å²) in [7, 11) is 9.31. The molecule has 0 unspecified atom stereocenters. The van der Waals surface area contributed by atoms with Crippen molar-refractivity contribution in [2.75, 3.05) is 0 Å². The first-order chi connectivity index (χ1) is 8.68. The molecule has 18 heavy (non-hydrogen) atoms. The smallest absolute Gasteiger partial charge is 0.0964 e. The van der Waals surface area contributed by atoms with Gasteiger partial charge in [0, 0.05) is 23.2 Å². The van der Waals surface area contributed by atoms with E-state index < -0.39 is 15.2 Å². The minimum atomic E-state index is -2.66. The van der Waals surface area contributed by atoms with Crippen molar-refractivity contribution in [3.05, 3.63) is 48.8 Å². The first-order valence-electron chi connectivity index (χ1n) is 5.01. The Kier molecular flexibility index (Phi) is 4.76. The molecular weight excluding hydrogens is 355 g/mol. The maximum atomic E-state index is 9.23. The molecule has 0 spiro atoms. The molecule has 0 aliphatic heterocycles. The summed E-state index contributed by atoms with van der Waals surface area (Å²) in [4.78, 5) is 8.69. The zero-order valence-corrected chi connectivity index (χ0v) is 12.6. The van der Waals surface area contributed by atoms with Gasteiger partial charge in [-0.2, -0.15) is 0 Å². The predicted octanol–water partition coefficient (Wildman–Crippen LogP) is 4.04. The first kappa shape index (κ1) is 13.5. The van der Waals surface area contributed by atoms with Gasteiger partial charge in [-0.25, -0.2) is 0 Å². The molecule has 0 atom stereocenters. The molecule has 2 aromatic heterocycles. The van der Waals surface area contributed by atoms with Crippen molar-refractivity contribution in [3.8, 4) is 0 Å². The molecule has 1 aromatic carbocycles. The van der Waals surface area contributed by atoms with Crippen LogP contribution < -0.4 is 0 Å². The topological polar surface area (TPSA) is 42.9 Å². The van der Waals surface area contributed by atoms with Crippen molar-refractivity contribution in [2.24, 2.45) is 0 Å². The van der Waals surface area contributed by atoms with Gasteiger partial charge in [-0.1, -0.05) is 24.3 Å². The van der Waals surface area contributed by atoms with Gasteiger partial charge in [0.2, 0.25) is 0 Å². The fourth-order valence-corrected chi connectivity index (χ4v) is 1.68. The molecule has 0 aliphatic rings. The second-order valence-electron chi connectivity index (χ2n) is 3.40. The van der Waals surface area contributed by atoms with E-state index in [0.717, 1.165) is 21.8 Å². The van der Waals surface area contributed by atoms with Crippen LogP contribution in [0.5, 0.6) is 0 Å². The van der Waals surface area contributed by atoms with Crippen LogP contribution in [0.15, 0.2) is 48.8 Å². The molecule has 2 heterocycles. The molecule has 0 bridgehead atoms. The maximum Gasteiger partial charge on any atom is 0.0964 e. The van der Waals surface area contributed by atoms with E-state index in [1.165, 1.54) is 0 Å². The third-order valence-corrected chi connectivity index (χ3v) is 2.34. The molecule has 0 radical (unpaired) electrons. The van der Waals surface area contributed by atoms with Gasteiger partial charge in [0.05, 0.1) is 11.0 Å². The van der Waals surface area contributed by atoms with E-state index >= 15 is 0 Å². The second kappa shape index (κ2) is 6.33. The Bertz CT molecular complexity index is 647. The number of fused-ring (bicyclic) bond motifs is 3. The maximum absolute atomic E-state index is 9.23. The Balaban J connectivity index is 0.000000267. The van der Waals surface area contributed by atoms with Crippen LogP contribution in [-0.4, -0.2) is 9.97 Å². The van der Waals surface area contributed by atoms with E-state index in [-0.39, 0.29) is 0 Å². The molecule has 3 nitrogen and oxygen atoms in total. The van der Waals surface area contributed by atoms with Gasteiger partial charge in [-0.3, -0.25) is 9.97 Å². The van der Waals surface area contributed by atoms with Crippen molar-refractivity contribution in [2.45, 2.75) is 0 Å². The van der Waals surface area contributed by atoms with Crippen molar-refractivity contribution in [1.82, 2.24) is 9.97 Å². The summed E-state index contributed by atoms with van der Waals surface area (Å²) in [5.74, 6) is 0. The number of hydrogen-bond donors (Lipinski definition) is 0. The van der Waals surface area contributed by atoms with Crippen LogP contribution in [-0.2, 0) is 18.6 Å².